The van der Waals surface area contributed by atoms with Gasteiger partial charge in [-0.1, -0.05) is 44.4 Å². The summed E-state index contributed by atoms with van der Waals surface area (Å²) in [5.74, 6) is -1.07. The van der Waals surface area contributed by atoms with Crippen molar-refractivity contribution in [3.8, 4) is 0 Å². The lowest BCUT2D eigenvalue weighted by Crippen LogP contribution is -2.56. The number of benzene rings is 1. The van der Waals surface area contributed by atoms with Crippen molar-refractivity contribution in [3.05, 3.63) is 35.4 Å². The van der Waals surface area contributed by atoms with Gasteiger partial charge in [-0.3, -0.25) is 4.79 Å². The van der Waals surface area contributed by atoms with Crippen molar-refractivity contribution >= 4 is 11.9 Å². The number of hydrogen-bond acceptors (Lipinski definition) is 2. The minimum absolute atomic E-state index is 0.184. The van der Waals surface area contributed by atoms with Gasteiger partial charge in [0.15, 0.2) is 0 Å². The predicted molar refractivity (Wildman–Crippen MR) is 81.4 cm³/mol. The first kappa shape index (κ1) is 15.5. The van der Waals surface area contributed by atoms with Gasteiger partial charge < -0.3 is 10.0 Å². The Bertz CT molecular complexity index is 533. The second kappa shape index (κ2) is 6.29. The van der Waals surface area contributed by atoms with E-state index in [1.54, 1.807) is 13.1 Å². The first-order valence-electron chi connectivity index (χ1n) is 7.62. The highest BCUT2D eigenvalue weighted by molar-refractivity contribution is 5.98. The molecule has 0 spiro atoms. The van der Waals surface area contributed by atoms with Crippen molar-refractivity contribution in [2.75, 3.05) is 7.05 Å². The Morgan fingerprint density at radius 1 is 1.19 bits per heavy atom. The average Bonchev–Trinajstić information content (AvgIpc) is 2.53. The SMILES string of the molecule is CCc1ccccc1C(=O)N(C)C1(C(=O)O)CCCCC1. The fraction of sp³-hybridized carbons (Fsp3) is 0.529. The van der Waals surface area contributed by atoms with Crippen LogP contribution in [-0.4, -0.2) is 34.5 Å². The molecule has 4 nitrogen and oxygen atoms in total. The Labute approximate surface area is 125 Å². The van der Waals surface area contributed by atoms with E-state index < -0.39 is 11.5 Å². The summed E-state index contributed by atoms with van der Waals surface area (Å²) in [6.07, 6.45) is 4.61. The zero-order chi connectivity index (χ0) is 15.5. The summed E-state index contributed by atoms with van der Waals surface area (Å²) in [4.78, 5) is 26.1. The van der Waals surface area contributed by atoms with Gasteiger partial charge in [0.25, 0.3) is 5.91 Å². The smallest absolute Gasteiger partial charge is 0.329 e. The molecule has 0 unspecified atom stereocenters. The molecule has 2 rings (SSSR count). The molecule has 1 aromatic carbocycles. The van der Waals surface area contributed by atoms with Crippen LogP contribution < -0.4 is 0 Å². The summed E-state index contributed by atoms with van der Waals surface area (Å²) < 4.78 is 0. The first-order chi connectivity index (χ1) is 10.0. The standard InChI is InChI=1S/C17H23NO3/c1-3-13-9-5-6-10-14(13)15(19)18(2)17(16(20)21)11-7-4-8-12-17/h5-6,9-10H,3-4,7-8,11-12H2,1-2H3,(H,20,21). The van der Waals surface area contributed by atoms with Crippen molar-refractivity contribution in [1.82, 2.24) is 4.90 Å². The Kier molecular flexibility index (Phi) is 4.66. The van der Waals surface area contributed by atoms with Gasteiger partial charge in [-0.05, 0) is 30.9 Å². The van der Waals surface area contributed by atoms with Gasteiger partial charge >= 0.3 is 5.97 Å². The Hall–Kier alpha value is -1.84. The molecule has 1 amide bonds. The molecule has 114 valence electrons. The summed E-state index contributed by atoms with van der Waals surface area (Å²) in [7, 11) is 1.63. The van der Waals surface area contributed by atoms with Crippen LogP contribution in [-0.2, 0) is 11.2 Å². The van der Waals surface area contributed by atoms with E-state index in [9.17, 15) is 14.7 Å². The number of carboxylic acids is 1. The van der Waals surface area contributed by atoms with Crippen molar-refractivity contribution in [2.24, 2.45) is 0 Å². The van der Waals surface area contributed by atoms with Crippen LogP contribution in [0, 0.1) is 0 Å². The quantitative estimate of drug-likeness (QED) is 0.926. The molecule has 1 aliphatic rings. The van der Waals surface area contributed by atoms with Gasteiger partial charge in [-0.15, -0.1) is 0 Å². The summed E-state index contributed by atoms with van der Waals surface area (Å²) >= 11 is 0. The molecule has 0 aliphatic heterocycles. The number of hydrogen-bond donors (Lipinski definition) is 1. The fourth-order valence-corrected chi connectivity index (χ4v) is 3.24. The molecule has 0 heterocycles. The van der Waals surface area contributed by atoms with Crippen LogP contribution >= 0.6 is 0 Å². The lowest BCUT2D eigenvalue weighted by atomic mass is 9.80. The van der Waals surface area contributed by atoms with Gasteiger partial charge in [0.1, 0.15) is 5.54 Å². The largest absolute Gasteiger partial charge is 0.479 e. The van der Waals surface area contributed by atoms with E-state index in [4.69, 9.17) is 0 Å². The van der Waals surface area contributed by atoms with Gasteiger partial charge in [0.05, 0.1) is 0 Å². The molecule has 1 aromatic rings. The monoisotopic (exact) mass is 289 g/mol. The van der Waals surface area contributed by atoms with E-state index in [1.807, 2.05) is 25.1 Å². The molecule has 0 bridgehead atoms. The highest BCUT2D eigenvalue weighted by atomic mass is 16.4. The number of amides is 1. The number of likely N-dealkylation sites (N-methyl/N-ethyl adjacent to an activating group) is 1. The molecule has 1 aliphatic carbocycles. The van der Waals surface area contributed by atoms with Gasteiger partial charge in [-0.2, -0.15) is 0 Å². The second-order valence-electron chi connectivity index (χ2n) is 5.77. The topological polar surface area (TPSA) is 57.6 Å². The Morgan fingerprint density at radius 2 is 1.81 bits per heavy atom. The van der Waals surface area contributed by atoms with Crippen molar-refractivity contribution < 1.29 is 14.7 Å². The minimum Gasteiger partial charge on any atom is -0.479 e. The highest BCUT2D eigenvalue weighted by Crippen LogP contribution is 2.34. The lowest BCUT2D eigenvalue weighted by molar-refractivity contribution is -0.151. The third-order valence-electron chi connectivity index (χ3n) is 4.65. The van der Waals surface area contributed by atoms with Crippen molar-refractivity contribution in [1.29, 1.82) is 0 Å². The van der Waals surface area contributed by atoms with Crippen LogP contribution in [0.5, 0.6) is 0 Å². The lowest BCUT2D eigenvalue weighted by Gasteiger charge is -2.41. The van der Waals surface area contributed by atoms with Gasteiger partial charge in [0.2, 0.25) is 0 Å². The molecule has 21 heavy (non-hydrogen) atoms. The molecular weight excluding hydrogens is 266 g/mol. The zero-order valence-corrected chi connectivity index (χ0v) is 12.8. The molecule has 1 N–H and O–H groups in total. The normalized spacial score (nSPS) is 17.2. The minimum atomic E-state index is -1.05. The molecule has 0 radical (unpaired) electrons. The molecule has 4 heteroatoms. The number of rotatable bonds is 4. The fourth-order valence-electron chi connectivity index (χ4n) is 3.24. The first-order valence-corrected chi connectivity index (χ1v) is 7.62. The summed E-state index contributed by atoms with van der Waals surface area (Å²) in [5.41, 5.74) is 0.537. The maximum Gasteiger partial charge on any atom is 0.329 e. The molecule has 1 fully saturated rings. The van der Waals surface area contributed by atoms with E-state index in [0.29, 0.717) is 18.4 Å². The van der Waals surface area contributed by atoms with Crippen LogP contribution in [0.15, 0.2) is 24.3 Å². The molecule has 0 atom stereocenters. The molecular formula is C17H23NO3. The van der Waals surface area contributed by atoms with Crippen LogP contribution in [0.25, 0.3) is 0 Å². The van der Waals surface area contributed by atoms with E-state index in [1.165, 1.54) is 4.90 Å². The molecule has 1 saturated carbocycles. The maximum absolute atomic E-state index is 12.8. The number of carboxylic acid groups (broad SMARTS) is 1. The van der Waals surface area contributed by atoms with Crippen LogP contribution in [0.1, 0.15) is 54.9 Å². The van der Waals surface area contributed by atoms with E-state index in [0.717, 1.165) is 31.2 Å². The third-order valence-corrected chi connectivity index (χ3v) is 4.65. The number of carbonyl (C=O) groups is 2. The van der Waals surface area contributed by atoms with Crippen LogP contribution in [0.4, 0.5) is 0 Å². The predicted octanol–water partition coefficient (Wildman–Crippen LogP) is 3.11. The summed E-state index contributed by atoms with van der Waals surface area (Å²) in [6.45, 7) is 2.00. The Balaban J connectivity index is 2.34. The van der Waals surface area contributed by atoms with Crippen LogP contribution in [0.2, 0.25) is 0 Å². The van der Waals surface area contributed by atoms with E-state index in [-0.39, 0.29) is 5.91 Å². The average molecular weight is 289 g/mol. The van der Waals surface area contributed by atoms with Crippen LogP contribution in [0.3, 0.4) is 0 Å². The number of carbonyl (C=O) groups excluding carboxylic acids is 1. The third kappa shape index (κ3) is 2.80. The zero-order valence-electron chi connectivity index (χ0n) is 12.8. The molecule has 0 aromatic heterocycles. The van der Waals surface area contributed by atoms with E-state index >= 15 is 0 Å². The summed E-state index contributed by atoms with van der Waals surface area (Å²) in [6, 6.07) is 7.45. The number of aliphatic carboxylic acids is 1. The van der Waals surface area contributed by atoms with Gasteiger partial charge in [0, 0.05) is 12.6 Å². The summed E-state index contributed by atoms with van der Waals surface area (Å²) in [5, 5.41) is 9.69. The number of nitrogens with zero attached hydrogens (tertiary/aromatic N) is 1. The van der Waals surface area contributed by atoms with Crippen molar-refractivity contribution in [3.63, 3.8) is 0 Å². The van der Waals surface area contributed by atoms with Crippen molar-refractivity contribution in [2.45, 2.75) is 51.0 Å². The molecule has 0 saturated heterocycles. The Morgan fingerprint density at radius 3 is 2.38 bits per heavy atom. The maximum atomic E-state index is 12.8. The second-order valence-corrected chi connectivity index (χ2v) is 5.77. The van der Waals surface area contributed by atoms with E-state index in [2.05, 4.69) is 0 Å². The van der Waals surface area contributed by atoms with Gasteiger partial charge in [-0.25, -0.2) is 4.79 Å². The highest BCUT2D eigenvalue weighted by Gasteiger charge is 2.45. The number of aryl methyl sites for hydroxylation is 1.